The van der Waals surface area contributed by atoms with Crippen LogP contribution in [0.4, 0.5) is 5.69 Å². The van der Waals surface area contributed by atoms with E-state index in [0.717, 1.165) is 12.8 Å². The second-order valence-electron chi connectivity index (χ2n) is 4.23. The zero-order valence-electron chi connectivity index (χ0n) is 8.75. The molecule has 1 aromatic rings. The zero-order chi connectivity index (χ0) is 10.1. The summed E-state index contributed by atoms with van der Waals surface area (Å²) >= 11 is 0. The van der Waals surface area contributed by atoms with E-state index < -0.39 is 0 Å². The molecular weight excluding hydrogens is 174 g/mol. The van der Waals surface area contributed by atoms with Crippen molar-refractivity contribution in [3.05, 3.63) is 29.3 Å². The highest BCUT2D eigenvalue weighted by atomic mass is 16.3. The smallest absolute Gasteiger partial charge is 0.0531 e. The fourth-order valence-corrected chi connectivity index (χ4v) is 2.18. The van der Waals surface area contributed by atoms with E-state index in [4.69, 9.17) is 0 Å². The van der Waals surface area contributed by atoms with E-state index in [-0.39, 0.29) is 6.10 Å². The molecule has 0 bridgehead atoms. The van der Waals surface area contributed by atoms with Crippen molar-refractivity contribution in [3.8, 4) is 0 Å². The Labute approximate surface area is 85.0 Å². The van der Waals surface area contributed by atoms with Gasteiger partial charge in [-0.25, -0.2) is 0 Å². The van der Waals surface area contributed by atoms with Gasteiger partial charge in [-0.05, 0) is 43.9 Å². The van der Waals surface area contributed by atoms with Crippen LogP contribution in [0.3, 0.4) is 0 Å². The van der Waals surface area contributed by atoms with Crippen molar-refractivity contribution < 1.29 is 5.11 Å². The summed E-state index contributed by atoms with van der Waals surface area (Å²) in [5.41, 5.74) is 4.01. The first kappa shape index (κ1) is 9.53. The van der Waals surface area contributed by atoms with Crippen LogP contribution in [-0.2, 0) is 6.42 Å². The fraction of sp³-hybridized carbons (Fsp3) is 0.500. The van der Waals surface area contributed by atoms with Crippen molar-refractivity contribution in [1.29, 1.82) is 0 Å². The number of aryl methyl sites for hydroxylation is 1. The molecule has 0 saturated heterocycles. The number of benzene rings is 1. The van der Waals surface area contributed by atoms with Gasteiger partial charge in [0.05, 0.1) is 6.10 Å². The predicted molar refractivity (Wildman–Crippen MR) is 58.6 cm³/mol. The van der Waals surface area contributed by atoms with Crippen LogP contribution in [-0.4, -0.2) is 17.3 Å². The molecule has 0 fully saturated rings. The van der Waals surface area contributed by atoms with E-state index in [1.54, 1.807) is 0 Å². The molecule has 1 aliphatic heterocycles. The van der Waals surface area contributed by atoms with Crippen molar-refractivity contribution in [3.63, 3.8) is 0 Å². The molecule has 0 spiro atoms. The molecule has 2 unspecified atom stereocenters. The molecule has 1 heterocycles. The molecule has 2 nitrogen and oxygen atoms in total. The molecule has 76 valence electrons. The van der Waals surface area contributed by atoms with Gasteiger partial charge in [0.2, 0.25) is 0 Å². The molecule has 14 heavy (non-hydrogen) atoms. The number of rotatable bonds is 2. The van der Waals surface area contributed by atoms with Crippen LogP contribution in [0.5, 0.6) is 0 Å². The minimum Gasteiger partial charge on any atom is -0.393 e. The van der Waals surface area contributed by atoms with Crippen LogP contribution >= 0.6 is 0 Å². The molecule has 2 rings (SSSR count). The molecule has 0 radical (unpaired) electrons. The SMILES string of the molecule is Cc1cccc2c1CC(CC(C)O)N2. The third-order valence-electron chi connectivity index (χ3n) is 2.85. The van der Waals surface area contributed by atoms with Gasteiger partial charge >= 0.3 is 0 Å². The van der Waals surface area contributed by atoms with E-state index in [1.807, 2.05) is 6.92 Å². The summed E-state index contributed by atoms with van der Waals surface area (Å²) in [5.74, 6) is 0. The zero-order valence-corrected chi connectivity index (χ0v) is 8.75. The quantitative estimate of drug-likeness (QED) is 0.750. The van der Waals surface area contributed by atoms with Gasteiger partial charge in [0.1, 0.15) is 0 Å². The Morgan fingerprint density at radius 1 is 1.57 bits per heavy atom. The Bertz CT molecular complexity index is 333. The third kappa shape index (κ3) is 1.75. The highest BCUT2D eigenvalue weighted by Gasteiger charge is 2.22. The van der Waals surface area contributed by atoms with Gasteiger partial charge in [-0.15, -0.1) is 0 Å². The number of hydrogen-bond acceptors (Lipinski definition) is 2. The number of fused-ring (bicyclic) bond motifs is 1. The molecule has 2 N–H and O–H groups in total. The minimum atomic E-state index is -0.220. The Hall–Kier alpha value is -1.02. The molecule has 0 saturated carbocycles. The normalized spacial score (nSPS) is 21.5. The summed E-state index contributed by atoms with van der Waals surface area (Å²) in [6.45, 7) is 3.99. The summed E-state index contributed by atoms with van der Waals surface area (Å²) in [4.78, 5) is 0. The van der Waals surface area contributed by atoms with E-state index >= 15 is 0 Å². The van der Waals surface area contributed by atoms with Crippen LogP contribution in [0.2, 0.25) is 0 Å². The second-order valence-corrected chi connectivity index (χ2v) is 4.23. The number of nitrogens with one attached hydrogen (secondary N) is 1. The number of hydrogen-bond donors (Lipinski definition) is 2. The van der Waals surface area contributed by atoms with Crippen LogP contribution in [0.25, 0.3) is 0 Å². The maximum Gasteiger partial charge on any atom is 0.0531 e. The van der Waals surface area contributed by atoms with Crippen LogP contribution < -0.4 is 5.32 Å². The van der Waals surface area contributed by atoms with Gasteiger partial charge in [-0.3, -0.25) is 0 Å². The van der Waals surface area contributed by atoms with Crippen LogP contribution in [0.15, 0.2) is 18.2 Å². The lowest BCUT2D eigenvalue weighted by Gasteiger charge is -2.12. The van der Waals surface area contributed by atoms with E-state index in [2.05, 4.69) is 30.4 Å². The first-order valence-electron chi connectivity index (χ1n) is 5.20. The number of anilines is 1. The summed E-state index contributed by atoms with van der Waals surface area (Å²) in [5, 5.41) is 12.8. The number of aliphatic hydroxyl groups is 1. The Morgan fingerprint density at radius 3 is 3.00 bits per heavy atom. The molecule has 0 aliphatic carbocycles. The largest absolute Gasteiger partial charge is 0.393 e. The van der Waals surface area contributed by atoms with Gasteiger partial charge in [-0.2, -0.15) is 0 Å². The van der Waals surface area contributed by atoms with Crippen LogP contribution in [0, 0.1) is 6.92 Å². The van der Waals surface area contributed by atoms with E-state index in [0.29, 0.717) is 6.04 Å². The van der Waals surface area contributed by atoms with Crippen molar-refractivity contribution in [2.45, 2.75) is 38.8 Å². The van der Waals surface area contributed by atoms with Gasteiger partial charge in [0.25, 0.3) is 0 Å². The highest BCUT2D eigenvalue weighted by Crippen LogP contribution is 2.29. The molecular formula is C12H17NO. The predicted octanol–water partition coefficient (Wildman–Crippen LogP) is 2.10. The van der Waals surface area contributed by atoms with Gasteiger partial charge in [-0.1, -0.05) is 12.1 Å². The van der Waals surface area contributed by atoms with E-state index in [9.17, 15) is 5.11 Å². The average Bonchev–Trinajstić information content (AvgIpc) is 2.47. The summed E-state index contributed by atoms with van der Waals surface area (Å²) in [6.07, 6.45) is 1.66. The van der Waals surface area contributed by atoms with Gasteiger partial charge in [0.15, 0.2) is 0 Å². The standard InChI is InChI=1S/C12H17NO/c1-8-4-3-5-12-11(8)7-10(13-12)6-9(2)14/h3-5,9-10,13-14H,6-7H2,1-2H3. The fourth-order valence-electron chi connectivity index (χ4n) is 2.18. The second kappa shape index (κ2) is 3.62. The maximum atomic E-state index is 9.32. The van der Waals surface area contributed by atoms with Gasteiger partial charge < -0.3 is 10.4 Å². The van der Waals surface area contributed by atoms with Gasteiger partial charge in [0, 0.05) is 11.7 Å². The number of aliphatic hydroxyl groups excluding tert-OH is 1. The lowest BCUT2D eigenvalue weighted by molar-refractivity contribution is 0.178. The lowest BCUT2D eigenvalue weighted by Crippen LogP contribution is -2.21. The maximum absolute atomic E-state index is 9.32. The molecule has 0 amide bonds. The molecule has 2 atom stereocenters. The Morgan fingerprint density at radius 2 is 2.36 bits per heavy atom. The van der Waals surface area contributed by atoms with Crippen molar-refractivity contribution >= 4 is 5.69 Å². The summed E-state index contributed by atoms with van der Waals surface area (Å²) in [7, 11) is 0. The molecule has 1 aromatic carbocycles. The lowest BCUT2D eigenvalue weighted by atomic mass is 10.0. The highest BCUT2D eigenvalue weighted by molar-refractivity contribution is 5.59. The first-order chi connectivity index (χ1) is 6.66. The summed E-state index contributed by atoms with van der Waals surface area (Å²) in [6, 6.07) is 6.74. The Kier molecular flexibility index (Phi) is 2.46. The monoisotopic (exact) mass is 191 g/mol. The molecule has 2 heteroatoms. The van der Waals surface area contributed by atoms with Crippen molar-refractivity contribution in [2.24, 2.45) is 0 Å². The van der Waals surface area contributed by atoms with Crippen molar-refractivity contribution in [1.82, 2.24) is 0 Å². The summed E-state index contributed by atoms with van der Waals surface area (Å²) < 4.78 is 0. The topological polar surface area (TPSA) is 32.3 Å². The molecule has 0 aromatic heterocycles. The van der Waals surface area contributed by atoms with Crippen LogP contribution in [0.1, 0.15) is 24.5 Å². The van der Waals surface area contributed by atoms with E-state index in [1.165, 1.54) is 16.8 Å². The third-order valence-corrected chi connectivity index (χ3v) is 2.85. The first-order valence-corrected chi connectivity index (χ1v) is 5.20. The van der Waals surface area contributed by atoms with Crippen molar-refractivity contribution in [2.75, 3.05) is 5.32 Å². The molecule has 1 aliphatic rings. The minimum absolute atomic E-state index is 0.220. The Balaban J connectivity index is 2.14. The average molecular weight is 191 g/mol.